The van der Waals surface area contributed by atoms with Gasteiger partial charge in [-0.1, -0.05) is 12.1 Å². The zero-order chi connectivity index (χ0) is 13.2. The maximum atomic E-state index is 9.32. The van der Waals surface area contributed by atoms with Crippen LogP contribution in [0.15, 0.2) is 48.5 Å². The van der Waals surface area contributed by atoms with Gasteiger partial charge in [0.1, 0.15) is 5.75 Å². The third kappa shape index (κ3) is 1.81. The molecule has 92 valence electrons. The van der Waals surface area contributed by atoms with Gasteiger partial charge in [0, 0.05) is 5.56 Å². The second-order valence-corrected chi connectivity index (χ2v) is 4.09. The Hall–Kier alpha value is -2.80. The molecule has 0 spiro atoms. The van der Waals surface area contributed by atoms with Crippen molar-refractivity contribution >= 4 is 11.0 Å². The first-order chi connectivity index (χ1) is 9.33. The largest absolute Gasteiger partial charge is 0.497 e. The first-order valence-electron chi connectivity index (χ1n) is 5.85. The number of benzene rings is 2. The molecule has 0 N–H and O–H groups in total. The fourth-order valence-corrected chi connectivity index (χ4v) is 2.06. The SMILES string of the molecule is COc1ccc(-c2nc3ccccc3n2C#N)cc1. The van der Waals surface area contributed by atoms with Crippen molar-refractivity contribution in [2.75, 3.05) is 7.11 Å². The molecule has 0 radical (unpaired) electrons. The Morgan fingerprint density at radius 2 is 1.84 bits per heavy atom. The van der Waals surface area contributed by atoms with Gasteiger partial charge in [0.2, 0.25) is 0 Å². The van der Waals surface area contributed by atoms with E-state index in [1.807, 2.05) is 48.5 Å². The predicted molar refractivity (Wildman–Crippen MR) is 72.7 cm³/mol. The number of nitrogens with zero attached hydrogens (tertiary/aromatic N) is 3. The Kier molecular flexibility index (Phi) is 2.66. The third-order valence-corrected chi connectivity index (χ3v) is 3.01. The van der Waals surface area contributed by atoms with Crippen LogP contribution < -0.4 is 4.74 Å². The van der Waals surface area contributed by atoms with Gasteiger partial charge in [-0.3, -0.25) is 0 Å². The summed E-state index contributed by atoms with van der Waals surface area (Å²) in [6, 6.07) is 15.1. The van der Waals surface area contributed by atoms with E-state index in [0.29, 0.717) is 5.82 Å². The molecule has 0 bridgehead atoms. The summed E-state index contributed by atoms with van der Waals surface area (Å²) in [4.78, 5) is 4.51. The van der Waals surface area contributed by atoms with E-state index < -0.39 is 0 Å². The molecule has 0 amide bonds. The molecule has 0 fully saturated rings. The molecule has 0 atom stereocenters. The number of hydrogen-bond acceptors (Lipinski definition) is 3. The van der Waals surface area contributed by atoms with Crippen molar-refractivity contribution in [1.29, 1.82) is 5.26 Å². The van der Waals surface area contributed by atoms with Crippen LogP contribution in [0.2, 0.25) is 0 Å². The first kappa shape index (κ1) is 11.3. The van der Waals surface area contributed by atoms with Gasteiger partial charge in [-0.05, 0) is 36.4 Å². The van der Waals surface area contributed by atoms with Gasteiger partial charge in [0.25, 0.3) is 0 Å². The number of nitriles is 1. The molecule has 0 aliphatic heterocycles. The molecule has 19 heavy (non-hydrogen) atoms. The van der Waals surface area contributed by atoms with Crippen molar-refractivity contribution in [3.8, 4) is 23.3 Å². The van der Waals surface area contributed by atoms with Gasteiger partial charge in [-0.15, -0.1) is 0 Å². The lowest BCUT2D eigenvalue weighted by Crippen LogP contribution is -1.92. The summed E-state index contributed by atoms with van der Waals surface area (Å²) in [5.41, 5.74) is 2.52. The van der Waals surface area contributed by atoms with Gasteiger partial charge < -0.3 is 4.74 Å². The van der Waals surface area contributed by atoms with E-state index in [0.717, 1.165) is 22.3 Å². The summed E-state index contributed by atoms with van der Waals surface area (Å²) in [5, 5.41) is 9.32. The Morgan fingerprint density at radius 3 is 2.53 bits per heavy atom. The van der Waals surface area contributed by atoms with Gasteiger partial charge in [0.05, 0.1) is 18.1 Å². The number of fused-ring (bicyclic) bond motifs is 1. The van der Waals surface area contributed by atoms with Crippen molar-refractivity contribution in [3.63, 3.8) is 0 Å². The Bertz CT molecular complexity index is 766. The van der Waals surface area contributed by atoms with E-state index in [-0.39, 0.29) is 0 Å². The summed E-state index contributed by atoms with van der Waals surface area (Å²) in [5.74, 6) is 1.43. The minimum Gasteiger partial charge on any atom is -0.497 e. The highest BCUT2D eigenvalue weighted by molar-refractivity contribution is 5.81. The third-order valence-electron chi connectivity index (χ3n) is 3.01. The molecular formula is C15H11N3O. The summed E-state index contributed by atoms with van der Waals surface area (Å²) < 4.78 is 6.67. The maximum Gasteiger partial charge on any atom is 0.190 e. The number of methoxy groups -OCH3 is 1. The summed E-state index contributed by atoms with van der Waals surface area (Å²) in [6.07, 6.45) is 2.17. The minimum atomic E-state index is 0.645. The lowest BCUT2D eigenvalue weighted by molar-refractivity contribution is 0.415. The molecule has 0 aliphatic rings. The zero-order valence-electron chi connectivity index (χ0n) is 10.4. The van der Waals surface area contributed by atoms with Crippen LogP contribution in [0.3, 0.4) is 0 Å². The molecule has 0 unspecified atom stereocenters. The number of rotatable bonds is 2. The van der Waals surface area contributed by atoms with Crippen molar-refractivity contribution in [3.05, 3.63) is 48.5 Å². The normalized spacial score (nSPS) is 10.3. The smallest absolute Gasteiger partial charge is 0.190 e. The highest BCUT2D eigenvalue weighted by Gasteiger charge is 2.11. The van der Waals surface area contributed by atoms with E-state index in [9.17, 15) is 5.26 Å². The fraction of sp³-hybridized carbons (Fsp3) is 0.0667. The van der Waals surface area contributed by atoms with Gasteiger partial charge in [-0.25, -0.2) is 9.55 Å². The van der Waals surface area contributed by atoms with E-state index in [1.165, 1.54) is 4.57 Å². The quantitative estimate of drug-likeness (QED) is 0.701. The topological polar surface area (TPSA) is 50.8 Å². The molecular weight excluding hydrogens is 238 g/mol. The molecule has 0 saturated carbocycles. The number of imidazole rings is 1. The van der Waals surface area contributed by atoms with Crippen molar-refractivity contribution in [2.24, 2.45) is 0 Å². The van der Waals surface area contributed by atoms with Gasteiger partial charge in [0.15, 0.2) is 12.0 Å². The Labute approximate surface area is 110 Å². The van der Waals surface area contributed by atoms with Crippen LogP contribution in [0, 0.1) is 11.5 Å². The minimum absolute atomic E-state index is 0.645. The molecule has 3 aromatic rings. The number of para-hydroxylation sites is 2. The van der Waals surface area contributed by atoms with Crippen LogP contribution in [0.5, 0.6) is 5.75 Å². The highest BCUT2D eigenvalue weighted by Crippen LogP contribution is 2.25. The molecule has 1 heterocycles. The lowest BCUT2D eigenvalue weighted by Gasteiger charge is -2.02. The highest BCUT2D eigenvalue weighted by atomic mass is 16.5. The summed E-state index contributed by atoms with van der Waals surface area (Å²) >= 11 is 0. The average molecular weight is 249 g/mol. The van der Waals surface area contributed by atoms with Crippen molar-refractivity contribution in [1.82, 2.24) is 9.55 Å². The predicted octanol–water partition coefficient (Wildman–Crippen LogP) is 3.04. The van der Waals surface area contributed by atoms with Crippen LogP contribution in [-0.4, -0.2) is 16.7 Å². The molecule has 4 heteroatoms. The number of hydrogen-bond donors (Lipinski definition) is 0. The Morgan fingerprint density at radius 1 is 1.11 bits per heavy atom. The standard InChI is InChI=1S/C15H11N3O/c1-19-12-8-6-11(7-9-12)15-17-13-4-2-3-5-14(13)18(15)10-16/h2-9H,1H3. The van der Waals surface area contributed by atoms with Crippen LogP contribution >= 0.6 is 0 Å². The Balaban J connectivity index is 2.21. The lowest BCUT2D eigenvalue weighted by atomic mass is 10.2. The monoisotopic (exact) mass is 249 g/mol. The van der Waals surface area contributed by atoms with Crippen LogP contribution in [0.1, 0.15) is 0 Å². The van der Waals surface area contributed by atoms with Gasteiger partial charge in [-0.2, -0.15) is 5.26 Å². The molecule has 2 aromatic carbocycles. The molecule has 0 saturated heterocycles. The average Bonchev–Trinajstić information content (AvgIpc) is 2.85. The van der Waals surface area contributed by atoms with Crippen molar-refractivity contribution in [2.45, 2.75) is 0 Å². The van der Waals surface area contributed by atoms with Gasteiger partial charge >= 0.3 is 0 Å². The summed E-state index contributed by atoms with van der Waals surface area (Å²) in [7, 11) is 1.62. The molecule has 1 aromatic heterocycles. The van der Waals surface area contributed by atoms with Crippen molar-refractivity contribution < 1.29 is 4.74 Å². The number of aromatic nitrogens is 2. The van der Waals surface area contributed by atoms with Crippen LogP contribution in [-0.2, 0) is 0 Å². The zero-order valence-corrected chi connectivity index (χ0v) is 10.4. The second-order valence-electron chi connectivity index (χ2n) is 4.09. The van der Waals surface area contributed by atoms with Crippen LogP contribution in [0.25, 0.3) is 22.4 Å². The van der Waals surface area contributed by atoms with E-state index in [1.54, 1.807) is 7.11 Å². The van der Waals surface area contributed by atoms with E-state index in [4.69, 9.17) is 4.74 Å². The second kappa shape index (κ2) is 4.46. The van der Waals surface area contributed by atoms with E-state index >= 15 is 0 Å². The maximum absolute atomic E-state index is 9.32. The molecule has 0 aliphatic carbocycles. The van der Waals surface area contributed by atoms with E-state index in [2.05, 4.69) is 11.2 Å². The molecule has 4 nitrogen and oxygen atoms in total. The fourth-order valence-electron chi connectivity index (χ4n) is 2.06. The number of ether oxygens (including phenoxy) is 1. The summed E-state index contributed by atoms with van der Waals surface area (Å²) in [6.45, 7) is 0. The first-order valence-corrected chi connectivity index (χ1v) is 5.85. The molecule has 3 rings (SSSR count). The van der Waals surface area contributed by atoms with Crippen LogP contribution in [0.4, 0.5) is 0 Å².